The third-order valence-electron chi connectivity index (χ3n) is 1.73. The maximum Gasteiger partial charge on any atom is 0.0874 e. The fourth-order valence-electron chi connectivity index (χ4n) is 0.639. The van der Waals surface area contributed by atoms with Crippen LogP contribution < -0.4 is 5.32 Å². The molecule has 9 heavy (non-hydrogen) atoms. The molecule has 0 aromatic carbocycles. The summed E-state index contributed by atoms with van der Waals surface area (Å²) in [6.45, 7) is 6.26. The molecule has 1 heterocycles. The molecule has 50 valence electrons. The lowest BCUT2D eigenvalue weighted by Crippen LogP contribution is -2.26. The van der Waals surface area contributed by atoms with Gasteiger partial charge in [-0.25, -0.2) is 0 Å². The minimum absolute atomic E-state index is 0.00521. The summed E-state index contributed by atoms with van der Waals surface area (Å²) < 4.78 is 0. The van der Waals surface area contributed by atoms with Crippen molar-refractivity contribution in [2.45, 2.75) is 26.3 Å². The lowest BCUT2D eigenvalue weighted by atomic mass is 9.97. The maximum atomic E-state index is 4.24. The zero-order valence-corrected chi connectivity index (χ0v) is 6.10. The topological polar surface area (TPSA) is 24.4 Å². The van der Waals surface area contributed by atoms with Crippen molar-refractivity contribution in [2.75, 3.05) is 0 Å². The largest absolute Gasteiger partial charge is 0.353 e. The third-order valence-corrected chi connectivity index (χ3v) is 1.73. The van der Waals surface area contributed by atoms with Crippen molar-refractivity contribution < 1.29 is 0 Å². The SMILES string of the molecule is CC1=CNC=NC1(C)C. The predicted octanol–water partition coefficient (Wildman–Crippen LogP) is 1.30. The third kappa shape index (κ3) is 1.12. The van der Waals surface area contributed by atoms with E-state index in [0.717, 1.165) is 0 Å². The summed E-state index contributed by atoms with van der Waals surface area (Å²) in [7, 11) is 0. The molecule has 0 radical (unpaired) electrons. The van der Waals surface area contributed by atoms with E-state index in [9.17, 15) is 0 Å². The van der Waals surface area contributed by atoms with Crippen LogP contribution in [0.3, 0.4) is 0 Å². The second-order valence-corrected chi connectivity index (χ2v) is 2.81. The van der Waals surface area contributed by atoms with Gasteiger partial charge in [0.2, 0.25) is 0 Å². The minimum atomic E-state index is 0.00521. The van der Waals surface area contributed by atoms with Crippen molar-refractivity contribution in [1.29, 1.82) is 0 Å². The summed E-state index contributed by atoms with van der Waals surface area (Å²) in [5.41, 5.74) is 1.27. The fraction of sp³-hybridized carbons (Fsp3) is 0.571. The highest BCUT2D eigenvalue weighted by Gasteiger charge is 2.18. The van der Waals surface area contributed by atoms with E-state index in [2.05, 4.69) is 31.1 Å². The lowest BCUT2D eigenvalue weighted by Gasteiger charge is -2.23. The Labute approximate surface area is 55.7 Å². The highest BCUT2D eigenvalue weighted by Crippen LogP contribution is 2.20. The van der Waals surface area contributed by atoms with Gasteiger partial charge < -0.3 is 5.32 Å². The maximum absolute atomic E-state index is 4.24. The number of aliphatic imine (C=N–C) groups is 1. The van der Waals surface area contributed by atoms with Crippen LogP contribution in [-0.2, 0) is 0 Å². The first kappa shape index (κ1) is 6.33. The zero-order valence-electron chi connectivity index (χ0n) is 6.10. The van der Waals surface area contributed by atoms with Gasteiger partial charge in [0.25, 0.3) is 0 Å². The Bertz CT molecular complexity index is 166. The Morgan fingerprint density at radius 2 is 2.22 bits per heavy atom. The van der Waals surface area contributed by atoms with Crippen LogP contribution in [0.1, 0.15) is 20.8 Å². The standard InChI is InChI=1S/C7H12N2/c1-6-4-8-5-9-7(6,2)3/h4-5H,1-3H3,(H,8,9). The van der Waals surface area contributed by atoms with Gasteiger partial charge in [0.05, 0.1) is 11.9 Å². The second-order valence-electron chi connectivity index (χ2n) is 2.81. The van der Waals surface area contributed by atoms with Crippen molar-refractivity contribution in [3.8, 4) is 0 Å². The van der Waals surface area contributed by atoms with E-state index >= 15 is 0 Å². The van der Waals surface area contributed by atoms with Gasteiger partial charge in [-0.3, -0.25) is 4.99 Å². The first-order valence-corrected chi connectivity index (χ1v) is 3.10. The Morgan fingerprint density at radius 1 is 1.56 bits per heavy atom. The Balaban J connectivity index is 2.83. The van der Waals surface area contributed by atoms with Crippen molar-refractivity contribution in [3.05, 3.63) is 11.8 Å². The van der Waals surface area contributed by atoms with Gasteiger partial charge in [0.1, 0.15) is 0 Å². The molecule has 0 saturated carbocycles. The van der Waals surface area contributed by atoms with Crippen LogP contribution in [0, 0.1) is 0 Å². The monoisotopic (exact) mass is 124 g/mol. The molecule has 2 nitrogen and oxygen atoms in total. The summed E-state index contributed by atoms with van der Waals surface area (Å²) in [5.74, 6) is 0. The van der Waals surface area contributed by atoms with Crippen molar-refractivity contribution in [3.63, 3.8) is 0 Å². The molecule has 1 aliphatic rings. The lowest BCUT2D eigenvalue weighted by molar-refractivity contribution is 0.603. The van der Waals surface area contributed by atoms with Crippen LogP contribution in [0.15, 0.2) is 16.8 Å². The van der Waals surface area contributed by atoms with E-state index in [4.69, 9.17) is 0 Å². The highest BCUT2D eigenvalue weighted by molar-refractivity contribution is 5.59. The van der Waals surface area contributed by atoms with E-state index < -0.39 is 0 Å². The van der Waals surface area contributed by atoms with E-state index in [-0.39, 0.29) is 5.54 Å². The Morgan fingerprint density at radius 3 is 2.56 bits per heavy atom. The van der Waals surface area contributed by atoms with Crippen molar-refractivity contribution in [2.24, 2.45) is 4.99 Å². The van der Waals surface area contributed by atoms with Crippen molar-refractivity contribution >= 4 is 6.34 Å². The van der Waals surface area contributed by atoms with E-state index in [1.165, 1.54) is 5.57 Å². The van der Waals surface area contributed by atoms with Crippen LogP contribution in [0.5, 0.6) is 0 Å². The Kier molecular flexibility index (Phi) is 1.31. The molecule has 0 fully saturated rings. The van der Waals surface area contributed by atoms with Gasteiger partial charge in [-0.2, -0.15) is 0 Å². The van der Waals surface area contributed by atoms with Gasteiger partial charge in [-0.05, 0) is 26.3 Å². The summed E-state index contributed by atoms with van der Waals surface area (Å²) in [4.78, 5) is 4.24. The summed E-state index contributed by atoms with van der Waals surface area (Å²) in [6, 6.07) is 0. The molecule has 1 rings (SSSR count). The van der Waals surface area contributed by atoms with Gasteiger partial charge in [-0.1, -0.05) is 0 Å². The zero-order chi connectivity index (χ0) is 6.91. The molecule has 2 heteroatoms. The fourth-order valence-corrected chi connectivity index (χ4v) is 0.639. The predicted molar refractivity (Wildman–Crippen MR) is 39.5 cm³/mol. The summed E-state index contributed by atoms with van der Waals surface area (Å²) >= 11 is 0. The molecule has 1 N–H and O–H groups in total. The molecule has 0 aliphatic carbocycles. The van der Waals surface area contributed by atoms with Crippen molar-refractivity contribution in [1.82, 2.24) is 5.32 Å². The van der Waals surface area contributed by atoms with Gasteiger partial charge in [-0.15, -0.1) is 0 Å². The molecule has 0 unspecified atom stereocenters. The molecular weight excluding hydrogens is 112 g/mol. The van der Waals surface area contributed by atoms with Crippen LogP contribution >= 0.6 is 0 Å². The molecule has 1 aliphatic heterocycles. The van der Waals surface area contributed by atoms with E-state index in [1.807, 2.05) is 6.20 Å². The first-order valence-electron chi connectivity index (χ1n) is 3.10. The van der Waals surface area contributed by atoms with Crippen LogP contribution in [0.2, 0.25) is 0 Å². The van der Waals surface area contributed by atoms with Crippen LogP contribution in [0.25, 0.3) is 0 Å². The molecule has 0 amide bonds. The van der Waals surface area contributed by atoms with Gasteiger partial charge in [0.15, 0.2) is 0 Å². The summed E-state index contributed by atoms with van der Waals surface area (Å²) in [5, 5.41) is 2.94. The van der Waals surface area contributed by atoms with E-state index in [1.54, 1.807) is 6.34 Å². The van der Waals surface area contributed by atoms with Gasteiger partial charge in [0, 0.05) is 6.20 Å². The number of hydrogen-bond acceptors (Lipinski definition) is 2. The number of rotatable bonds is 0. The Hall–Kier alpha value is -0.790. The van der Waals surface area contributed by atoms with Crippen LogP contribution in [-0.4, -0.2) is 11.9 Å². The average molecular weight is 124 g/mol. The molecule has 0 aromatic rings. The quantitative estimate of drug-likeness (QED) is 0.517. The molecule has 0 aromatic heterocycles. The number of nitrogens with zero attached hydrogens (tertiary/aromatic N) is 1. The minimum Gasteiger partial charge on any atom is -0.353 e. The first-order chi connectivity index (χ1) is 4.13. The molecular formula is C7H12N2. The number of nitrogens with one attached hydrogen (secondary N) is 1. The molecule has 0 bridgehead atoms. The van der Waals surface area contributed by atoms with Crippen LogP contribution in [0.4, 0.5) is 0 Å². The highest BCUT2D eigenvalue weighted by atomic mass is 15.0. The smallest absolute Gasteiger partial charge is 0.0874 e. The molecule has 0 spiro atoms. The van der Waals surface area contributed by atoms with E-state index in [0.29, 0.717) is 0 Å². The second kappa shape index (κ2) is 1.87. The average Bonchev–Trinajstić information content (AvgIpc) is 1.77. The molecule has 0 saturated heterocycles. The normalized spacial score (nSPS) is 22.8. The van der Waals surface area contributed by atoms with Gasteiger partial charge >= 0.3 is 0 Å². The molecule has 0 atom stereocenters. The summed E-state index contributed by atoms with van der Waals surface area (Å²) in [6.07, 6.45) is 3.71. The number of hydrogen-bond donors (Lipinski definition) is 1.